The number of nitrogens with one attached hydrogen (secondary N) is 2. The van der Waals surface area contributed by atoms with E-state index in [0.717, 1.165) is 63.9 Å². The number of unbranched alkanes of at least 4 members (excludes halogenated alkanes) is 1. The Labute approximate surface area is 234 Å². The molecule has 0 aromatic heterocycles. The summed E-state index contributed by atoms with van der Waals surface area (Å²) in [5.41, 5.74) is 1.52. The summed E-state index contributed by atoms with van der Waals surface area (Å²) in [6, 6.07) is 15.1. The zero-order valence-corrected chi connectivity index (χ0v) is 24.8. The summed E-state index contributed by atoms with van der Waals surface area (Å²) in [7, 11) is -3.30. The van der Waals surface area contributed by atoms with Crippen LogP contribution in [0.5, 0.6) is 11.5 Å². The zero-order chi connectivity index (χ0) is 27.1. The van der Waals surface area contributed by atoms with Gasteiger partial charge >= 0.3 is 6.03 Å². The molecule has 0 atom stereocenters. The Balaban J connectivity index is 0.00000507. The third-order valence-corrected chi connectivity index (χ3v) is 7.03. The minimum absolute atomic E-state index is 0. The van der Waals surface area contributed by atoms with Gasteiger partial charge in [0.2, 0.25) is 10.0 Å². The number of anilines is 1. The molecule has 1 aliphatic rings. The van der Waals surface area contributed by atoms with Crippen LogP contribution < -0.4 is 14.8 Å². The third-order valence-electron chi connectivity index (χ3n) is 6.43. The van der Waals surface area contributed by atoms with Gasteiger partial charge in [0.1, 0.15) is 11.5 Å². The molecule has 0 bridgehead atoms. The van der Waals surface area contributed by atoms with Gasteiger partial charge in [0.15, 0.2) is 0 Å². The maximum Gasteiger partial charge on any atom is 0.318 e. The molecule has 1 fully saturated rings. The fourth-order valence-electron chi connectivity index (χ4n) is 4.41. The number of rotatable bonds is 10. The highest BCUT2D eigenvalue weighted by atomic mass is 35.5. The number of carbonyl (C=O) groups is 1. The SMILES string of the molecule is CCCCN(C(=O)NC1CCN(Cc2ccc(Oc3ccc(NS(C)(=O)=O)cc3)cc2)CC1)C(C)(C)C.Cl. The second kappa shape index (κ2) is 14.1. The Morgan fingerprint density at radius 3 is 2.08 bits per heavy atom. The second-order valence-corrected chi connectivity index (χ2v) is 12.6. The Bertz CT molecular complexity index is 1110. The van der Waals surface area contributed by atoms with Gasteiger partial charge in [-0.05, 0) is 82.0 Å². The van der Waals surface area contributed by atoms with Crippen LogP contribution in [0, 0.1) is 0 Å². The van der Waals surface area contributed by atoms with Gasteiger partial charge in [-0.15, -0.1) is 12.4 Å². The Hall–Kier alpha value is -2.49. The molecule has 0 aliphatic carbocycles. The molecule has 3 rings (SSSR count). The zero-order valence-electron chi connectivity index (χ0n) is 23.2. The molecular weight excluding hydrogens is 524 g/mol. The first kappa shape index (κ1) is 31.7. The van der Waals surface area contributed by atoms with Crippen LogP contribution in [0.1, 0.15) is 58.9 Å². The summed E-state index contributed by atoms with van der Waals surface area (Å²) < 4.78 is 31.0. The monoisotopic (exact) mass is 566 g/mol. The van der Waals surface area contributed by atoms with Crippen molar-refractivity contribution in [3.05, 3.63) is 54.1 Å². The van der Waals surface area contributed by atoms with Gasteiger partial charge in [-0.2, -0.15) is 0 Å². The molecule has 0 radical (unpaired) electrons. The van der Waals surface area contributed by atoms with Gasteiger partial charge in [-0.25, -0.2) is 13.2 Å². The number of hydrogen-bond acceptors (Lipinski definition) is 5. The molecule has 2 aromatic carbocycles. The van der Waals surface area contributed by atoms with Crippen molar-refractivity contribution in [2.24, 2.45) is 0 Å². The normalized spacial score (nSPS) is 14.9. The van der Waals surface area contributed by atoms with Gasteiger partial charge in [-0.3, -0.25) is 9.62 Å². The quantitative estimate of drug-likeness (QED) is 0.376. The summed E-state index contributed by atoms with van der Waals surface area (Å²) in [5.74, 6) is 1.36. The molecule has 38 heavy (non-hydrogen) atoms. The van der Waals surface area contributed by atoms with Crippen LogP contribution in [0.25, 0.3) is 0 Å². The summed E-state index contributed by atoms with van der Waals surface area (Å²) in [6.07, 6.45) is 5.10. The van der Waals surface area contributed by atoms with E-state index in [9.17, 15) is 13.2 Å². The van der Waals surface area contributed by atoms with Gasteiger partial charge in [0.25, 0.3) is 0 Å². The molecule has 212 valence electrons. The second-order valence-electron chi connectivity index (χ2n) is 10.8. The van der Waals surface area contributed by atoms with E-state index in [1.54, 1.807) is 24.3 Å². The molecule has 0 spiro atoms. The smallest absolute Gasteiger partial charge is 0.318 e. The summed E-state index contributed by atoms with van der Waals surface area (Å²) in [6.45, 7) is 12.0. The van der Waals surface area contributed by atoms with Crippen LogP contribution >= 0.6 is 12.4 Å². The lowest BCUT2D eigenvalue weighted by atomic mass is 10.0. The first-order valence-corrected chi connectivity index (χ1v) is 15.0. The molecule has 0 unspecified atom stereocenters. The minimum Gasteiger partial charge on any atom is -0.457 e. The third kappa shape index (κ3) is 10.3. The van der Waals surface area contributed by atoms with Crippen LogP contribution in [0.2, 0.25) is 0 Å². The molecule has 10 heteroatoms. The van der Waals surface area contributed by atoms with Crippen LogP contribution in [0.4, 0.5) is 10.5 Å². The predicted molar refractivity (Wildman–Crippen MR) is 157 cm³/mol. The van der Waals surface area contributed by atoms with Crippen molar-refractivity contribution in [1.82, 2.24) is 15.1 Å². The fraction of sp³-hybridized carbons (Fsp3) is 0.536. The number of piperidine rings is 1. The largest absolute Gasteiger partial charge is 0.457 e. The van der Waals surface area contributed by atoms with Gasteiger partial charge in [0, 0.05) is 43.4 Å². The van der Waals surface area contributed by atoms with Crippen LogP contribution in [0.3, 0.4) is 0 Å². The number of nitrogens with zero attached hydrogens (tertiary/aromatic N) is 2. The number of ether oxygens (including phenoxy) is 1. The van der Waals surface area contributed by atoms with Crippen molar-refractivity contribution in [2.75, 3.05) is 30.6 Å². The number of hydrogen-bond donors (Lipinski definition) is 2. The van der Waals surface area contributed by atoms with E-state index in [2.05, 4.69) is 54.8 Å². The van der Waals surface area contributed by atoms with Crippen molar-refractivity contribution in [1.29, 1.82) is 0 Å². The summed E-state index contributed by atoms with van der Waals surface area (Å²) in [4.78, 5) is 17.3. The van der Waals surface area contributed by atoms with Crippen molar-refractivity contribution >= 4 is 34.1 Å². The van der Waals surface area contributed by atoms with E-state index < -0.39 is 10.0 Å². The minimum atomic E-state index is -3.30. The number of benzene rings is 2. The van der Waals surface area contributed by atoms with Gasteiger partial charge < -0.3 is 15.0 Å². The highest BCUT2D eigenvalue weighted by molar-refractivity contribution is 7.92. The predicted octanol–water partition coefficient (Wildman–Crippen LogP) is 5.85. The van der Waals surface area contributed by atoms with E-state index in [1.807, 2.05) is 17.0 Å². The topological polar surface area (TPSA) is 91.0 Å². The highest BCUT2D eigenvalue weighted by Gasteiger charge is 2.28. The van der Waals surface area contributed by atoms with Crippen molar-refractivity contribution in [3.63, 3.8) is 0 Å². The van der Waals surface area contributed by atoms with Crippen LogP contribution in [-0.4, -0.2) is 61.7 Å². The van der Waals surface area contributed by atoms with Crippen molar-refractivity contribution in [2.45, 2.75) is 71.5 Å². The lowest BCUT2D eigenvalue weighted by Crippen LogP contribution is -2.54. The van der Waals surface area contributed by atoms with Gasteiger partial charge in [-0.1, -0.05) is 25.5 Å². The van der Waals surface area contributed by atoms with E-state index >= 15 is 0 Å². The van der Waals surface area contributed by atoms with E-state index in [1.165, 1.54) is 5.56 Å². The van der Waals surface area contributed by atoms with Crippen molar-refractivity contribution in [3.8, 4) is 11.5 Å². The molecule has 2 amide bonds. The first-order chi connectivity index (χ1) is 17.4. The first-order valence-electron chi connectivity index (χ1n) is 13.1. The van der Waals surface area contributed by atoms with Crippen LogP contribution in [0.15, 0.2) is 48.5 Å². The lowest BCUT2D eigenvalue weighted by Gasteiger charge is -2.38. The molecule has 0 saturated carbocycles. The lowest BCUT2D eigenvalue weighted by molar-refractivity contribution is 0.131. The summed E-state index contributed by atoms with van der Waals surface area (Å²) in [5, 5.41) is 3.27. The Morgan fingerprint density at radius 2 is 1.58 bits per heavy atom. The molecule has 1 heterocycles. The highest BCUT2D eigenvalue weighted by Crippen LogP contribution is 2.24. The summed E-state index contributed by atoms with van der Waals surface area (Å²) >= 11 is 0. The molecule has 1 saturated heterocycles. The number of halogens is 1. The number of amides is 2. The van der Waals surface area contributed by atoms with Crippen LogP contribution in [-0.2, 0) is 16.6 Å². The molecule has 8 nitrogen and oxygen atoms in total. The maximum absolute atomic E-state index is 12.9. The number of urea groups is 1. The maximum atomic E-state index is 12.9. The van der Waals surface area contributed by atoms with Gasteiger partial charge in [0.05, 0.1) is 6.26 Å². The van der Waals surface area contributed by atoms with Crippen molar-refractivity contribution < 1.29 is 17.9 Å². The molecular formula is C28H43ClN4O4S. The van der Waals surface area contributed by atoms with E-state index in [4.69, 9.17) is 4.74 Å². The Morgan fingerprint density at radius 1 is 1.03 bits per heavy atom. The average Bonchev–Trinajstić information content (AvgIpc) is 2.81. The number of likely N-dealkylation sites (tertiary alicyclic amines) is 1. The number of sulfonamides is 1. The van der Waals surface area contributed by atoms with E-state index in [0.29, 0.717) is 11.4 Å². The Kier molecular flexibility index (Phi) is 11.7. The molecule has 2 N–H and O–H groups in total. The standard InChI is InChI=1S/C28H42N4O4S.ClH/c1-6-7-18-32(28(2,3)4)27(33)29-23-16-19-31(20-17-23)21-22-8-12-25(13-9-22)36-26-14-10-24(11-15-26)30-37(5,34)35;/h8-15,23,30H,6-7,16-21H2,1-5H3,(H,29,33);1H. The van der Waals surface area contributed by atoms with E-state index in [-0.39, 0.29) is 30.0 Å². The average molecular weight is 567 g/mol. The number of carbonyl (C=O) groups excluding carboxylic acids is 1. The fourth-order valence-corrected chi connectivity index (χ4v) is 4.97. The molecule has 2 aromatic rings. The molecule has 1 aliphatic heterocycles.